The molecule has 0 atom stereocenters. The van der Waals surface area contributed by atoms with Gasteiger partial charge in [0.1, 0.15) is 5.75 Å². The molecule has 1 aromatic carbocycles. The van der Waals surface area contributed by atoms with Gasteiger partial charge in [-0.25, -0.2) is 0 Å². The Kier molecular flexibility index (Phi) is 5.49. The van der Waals surface area contributed by atoms with Crippen LogP contribution in [0.15, 0.2) is 12.1 Å². The van der Waals surface area contributed by atoms with E-state index in [4.69, 9.17) is 9.84 Å². The summed E-state index contributed by atoms with van der Waals surface area (Å²) in [4.78, 5) is 10.4. The first-order valence-electron chi connectivity index (χ1n) is 6.16. The SMILES string of the molecule is COc1ccc(NCCCCC(=O)O)c(C)c1C. The number of carboxylic acids is 1. The van der Waals surface area contributed by atoms with Gasteiger partial charge in [0.05, 0.1) is 7.11 Å². The molecule has 2 N–H and O–H groups in total. The summed E-state index contributed by atoms with van der Waals surface area (Å²) in [6.07, 6.45) is 1.80. The molecule has 0 fully saturated rings. The highest BCUT2D eigenvalue weighted by Gasteiger charge is 2.06. The fourth-order valence-corrected chi connectivity index (χ4v) is 1.83. The monoisotopic (exact) mass is 251 g/mol. The number of carbonyl (C=O) groups is 1. The number of hydrogen-bond donors (Lipinski definition) is 2. The number of carboxylic acid groups (broad SMARTS) is 1. The summed E-state index contributed by atoms with van der Waals surface area (Å²) in [6.45, 7) is 4.88. The van der Waals surface area contributed by atoms with Crippen molar-refractivity contribution in [2.24, 2.45) is 0 Å². The van der Waals surface area contributed by atoms with Crippen molar-refractivity contribution in [2.75, 3.05) is 19.0 Å². The molecular formula is C14H21NO3. The zero-order valence-electron chi connectivity index (χ0n) is 11.2. The predicted molar refractivity (Wildman–Crippen MR) is 72.4 cm³/mol. The van der Waals surface area contributed by atoms with Gasteiger partial charge in [-0.3, -0.25) is 4.79 Å². The van der Waals surface area contributed by atoms with Crippen LogP contribution in [0.25, 0.3) is 0 Å². The maximum absolute atomic E-state index is 10.4. The average molecular weight is 251 g/mol. The van der Waals surface area contributed by atoms with Gasteiger partial charge in [0.15, 0.2) is 0 Å². The standard InChI is InChI=1S/C14H21NO3/c1-10-11(2)13(18-3)8-7-12(10)15-9-5-4-6-14(16)17/h7-8,15H,4-6,9H2,1-3H3,(H,16,17). The third-order valence-electron chi connectivity index (χ3n) is 3.09. The van der Waals surface area contributed by atoms with Gasteiger partial charge >= 0.3 is 5.97 Å². The highest BCUT2D eigenvalue weighted by molar-refractivity contribution is 5.66. The van der Waals surface area contributed by atoms with Gasteiger partial charge in [-0.1, -0.05) is 0 Å². The van der Waals surface area contributed by atoms with E-state index in [2.05, 4.69) is 12.2 Å². The van der Waals surface area contributed by atoms with E-state index in [-0.39, 0.29) is 6.42 Å². The van der Waals surface area contributed by atoms with Crippen LogP contribution in [-0.4, -0.2) is 24.7 Å². The number of unbranched alkanes of at least 4 members (excludes halogenated alkanes) is 1. The number of methoxy groups -OCH3 is 1. The molecule has 100 valence electrons. The molecule has 1 rings (SSSR count). The van der Waals surface area contributed by atoms with Crippen LogP contribution in [0, 0.1) is 13.8 Å². The fourth-order valence-electron chi connectivity index (χ4n) is 1.83. The van der Waals surface area contributed by atoms with Crippen molar-refractivity contribution in [2.45, 2.75) is 33.1 Å². The highest BCUT2D eigenvalue weighted by Crippen LogP contribution is 2.27. The molecule has 4 heteroatoms. The van der Waals surface area contributed by atoms with E-state index in [0.29, 0.717) is 6.42 Å². The zero-order chi connectivity index (χ0) is 13.5. The first kappa shape index (κ1) is 14.4. The van der Waals surface area contributed by atoms with E-state index in [9.17, 15) is 4.79 Å². The van der Waals surface area contributed by atoms with E-state index >= 15 is 0 Å². The molecule has 4 nitrogen and oxygen atoms in total. The number of ether oxygens (including phenoxy) is 1. The Morgan fingerprint density at radius 1 is 1.28 bits per heavy atom. The lowest BCUT2D eigenvalue weighted by Gasteiger charge is -2.14. The van der Waals surface area contributed by atoms with Crippen molar-refractivity contribution in [3.05, 3.63) is 23.3 Å². The second-order valence-corrected chi connectivity index (χ2v) is 4.34. The van der Waals surface area contributed by atoms with Gasteiger partial charge in [-0.05, 0) is 49.9 Å². The van der Waals surface area contributed by atoms with Crippen molar-refractivity contribution in [3.8, 4) is 5.75 Å². The number of aliphatic carboxylic acids is 1. The zero-order valence-corrected chi connectivity index (χ0v) is 11.2. The van der Waals surface area contributed by atoms with Crippen LogP contribution in [0.1, 0.15) is 30.4 Å². The van der Waals surface area contributed by atoms with E-state index in [1.54, 1.807) is 7.11 Å². The van der Waals surface area contributed by atoms with Crippen LogP contribution in [0.2, 0.25) is 0 Å². The van der Waals surface area contributed by atoms with Gasteiger partial charge in [0.2, 0.25) is 0 Å². The van der Waals surface area contributed by atoms with Gasteiger partial charge in [-0.15, -0.1) is 0 Å². The van der Waals surface area contributed by atoms with Crippen LogP contribution in [0.4, 0.5) is 5.69 Å². The maximum atomic E-state index is 10.4. The number of hydrogen-bond acceptors (Lipinski definition) is 3. The van der Waals surface area contributed by atoms with Crippen molar-refractivity contribution < 1.29 is 14.6 Å². The van der Waals surface area contributed by atoms with Gasteiger partial charge in [0, 0.05) is 18.7 Å². The highest BCUT2D eigenvalue weighted by atomic mass is 16.5. The smallest absolute Gasteiger partial charge is 0.303 e. The molecule has 1 aromatic rings. The van der Waals surface area contributed by atoms with E-state index in [1.807, 2.05) is 19.1 Å². The predicted octanol–water partition coefficient (Wildman–Crippen LogP) is 2.98. The van der Waals surface area contributed by atoms with Gasteiger partial charge < -0.3 is 15.2 Å². The minimum Gasteiger partial charge on any atom is -0.496 e. The molecule has 0 aliphatic heterocycles. The minimum absolute atomic E-state index is 0.238. The summed E-state index contributed by atoms with van der Waals surface area (Å²) in [5, 5.41) is 11.9. The van der Waals surface area contributed by atoms with Gasteiger partial charge in [0.25, 0.3) is 0 Å². The lowest BCUT2D eigenvalue weighted by atomic mass is 10.1. The first-order chi connectivity index (χ1) is 8.56. The van der Waals surface area contributed by atoms with E-state index < -0.39 is 5.97 Å². The molecule has 0 aromatic heterocycles. The summed E-state index contributed by atoms with van der Waals surface area (Å²) in [5.41, 5.74) is 3.39. The number of nitrogens with one attached hydrogen (secondary N) is 1. The molecule has 0 aliphatic carbocycles. The molecule has 0 saturated carbocycles. The van der Waals surface area contributed by atoms with E-state index in [0.717, 1.165) is 30.0 Å². The summed E-state index contributed by atoms with van der Waals surface area (Å²) in [5.74, 6) is 0.162. The molecule has 0 radical (unpaired) electrons. The topological polar surface area (TPSA) is 58.6 Å². The normalized spacial score (nSPS) is 10.2. The van der Waals surface area contributed by atoms with Crippen LogP contribution in [0.3, 0.4) is 0 Å². The first-order valence-corrected chi connectivity index (χ1v) is 6.16. The second kappa shape index (κ2) is 6.89. The maximum Gasteiger partial charge on any atom is 0.303 e. The van der Waals surface area contributed by atoms with Crippen LogP contribution in [-0.2, 0) is 4.79 Å². The number of rotatable bonds is 7. The molecule has 0 aliphatic rings. The molecule has 0 heterocycles. The molecule has 0 unspecified atom stereocenters. The Morgan fingerprint density at radius 2 is 2.00 bits per heavy atom. The molecule has 0 saturated heterocycles. The largest absolute Gasteiger partial charge is 0.496 e. The Hall–Kier alpha value is -1.71. The Labute approximate surface area is 108 Å². The Bertz CT molecular complexity index is 416. The van der Waals surface area contributed by atoms with Crippen molar-refractivity contribution >= 4 is 11.7 Å². The van der Waals surface area contributed by atoms with Crippen molar-refractivity contribution in [1.29, 1.82) is 0 Å². The summed E-state index contributed by atoms with van der Waals surface area (Å²) < 4.78 is 5.26. The summed E-state index contributed by atoms with van der Waals surface area (Å²) in [7, 11) is 1.67. The lowest BCUT2D eigenvalue weighted by Crippen LogP contribution is -2.05. The van der Waals surface area contributed by atoms with Crippen LogP contribution in [0.5, 0.6) is 5.75 Å². The molecule has 0 amide bonds. The van der Waals surface area contributed by atoms with Crippen LogP contribution >= 0.6 is 0 Å². The van der Waals surface area contributed by atoms with Crippen molar-refractivity contribution in [1.82, 2.24) is 0 Å². The lowest BCUT2D eigenvalue weighted by molar-refractivity contribution is -0.137. The Morgan fingerprint density at radius 3 is 2.61 bits per heavy atom. The molecule has 0 spiro atoms. The summed E-state index contributed by atoms with van der Waals surface area (Å²) in [6, 6.07) is 3.94. The number of benzene rings is 1. The fraction of sp³-hybridized carbons (Fsp3) is 0.500. The van der Waals surface area contributed by atoms with Crippen molar-refractivity contribution in [3.63, 3.8) is 0 Å². The third-order valence-corrected chi connectivity index (χ3v) is 3.09. The second-order valence-electron chi connectivity index (χ2n) is 4.34. The average Bonchev–Trinajstić information content (AvgIpc) is 2.33. The Balaban J connectivity index is 2.48. The van der Waals surface area contributed by atoms with E-state index in [1.165, 1.54) is 5.56 Å². The quantitative estimate of drug-likeness (QED) is 0.731. The number of anilines is 1. The molecular weight excluding hydrogens is 230 g/mol. The molecule has 18 heavy (non-hydrogen) atoms. The third kappa shape index (κ3) is 3.95. The van der Waals surface area contributed by atoms with Gasteiger partial charge in [-0.2, -0.15) is 0 Å². The summed E-state index contributed by atoms with van der Waals surface area (Å²) >= 11 is 0. The molecule has 0 bridgehead atoms. The van der Waals surface area contributed by atoms with Crippen LogP contribution < -0.4 is 10.1 Å². The minimum atomic E-state index is -0.730.